The van der Waals surface area contributed by atoms with Crippen LogP contribution in [-0.2, 0) is 6.54 Å². The van der Waals surface area contributed by atoms with Gasteiger partial charge < -0.3 is 24.2 Å². The second-order valence-electron chi connectivity index (χ2n) is 6.90. The Labute approximate surface area is 146 Å². The molecule has 0 bridgehead atoms. The predicted molar refractivity (Wildman–Crippen MR) is 91.5 cm³/mol. The van der Waals surface area contributed by atoms with E-state index >= 15 is 0 Å². The third kappa shape index (κ3) is 2.07. The van der Waals surface area contributed by atoms with Crippen LogP contribution in [0.4, 0.5) is 0 Å². The summed E-state index contributed by atoms with van der Waals surface area (Å²) in [6, 6.07) is 3.56. The van der Waals surface area contributed by atoms with Gasteiger partial charge in [-0.05, 0) is 24.5 Å². The number of imidazole rings is 2. The molecule has 0 aromatic carbocycles. The monoisotopic (exact) mass is 355 g/mol. The number of aliphatic hydroxyl groups is 2. The molecule has 0 radical (unpaired) electrons. The molecule has 26 heavy (non-hydrogen) atoms. The van der Waals surface area contributed by atoms with E-state index in [9.17, 15) is 15.0 Å². The van der Waals surface area contributed by atoms with Gasteiger partial charge in [0.15, 0.2) is 16.9 Å². The fraction of sp³-hybridized carbons (Fsp3) is 0.353. The highest BCUT2D eigenvalue weighted by Crippen LogP contribution is 2.53. The minimum atomic E-state index is -0.371. The number of aromatic amines is 1. The number of H-pyrrole nitrogens is 1. The number of hydrogen-bond donors (Lipinski definition) is 3. The molecule has 0 spiro atoms. The third-order valence-corrected chi connectivity index (χ3v) is 5.34. The zero-order valence-electron chi connectivity index (χ0n) is 13.8. The number of hydrogen-bond acceptors (Lipinski definition) is 6. The van der Waals surface area contributed by atoms with Gasteiger partial charge in [0.05, 0.1) is 19.2 Å². The van der Waals surface area contributed by atoms with E-state index in [0.717, 1.165) is 6.42 Å². The first-order valence-corrected chi connectivity index (χ1v) is 8.37. The highest BCUT2D eigenvalue weighted by atomic mass is 16.3. The summed E-state index contributed by atoms with van der Waals surface area (Å²) in [4.78, 5) is 24.6. The Kier molecular flexibility index (Phi) is 3.12. The summed E-state index contributed by atoms with van der Waals surface area (Å²) < 4.78 is 8.54. The zero-order chi connectivity index (χ0) is 17.9. The predicted octanol–water partition coefficient (Wildman–Crippen LogP) is 0.623. The molecule has 0 saturated heterocycles. The van der Waals surface area contributed by atoms with Gasteiger partial charge in [-0.1, -0.05) is 0 Å². The van der Waals surface area contributed by atoms with Gasteiger partial charge in [0.2, 0.25) is 5.78 Å². The van der Waals surface area contributed by atoms with E-state index in [2.05, 4.69) is 15.0 Å². The van der Waals surface area contributed by atoms with Crippen molar-refractivity contribution in [1.29, 1.82) is 0 Å². The van der Waals surface area contributed by atoms with Crippen LogP contribution in [0.2, 0.25) is 0 Å². The smallest absolute Gasteiger partial charge is 0.287 e. The molecule has 0 amide bonds. The van der Waals surface area contributed by atoms with E-state index in [4.69, 9.17) is 4.42 Å². The molecule has 9 nitrogen and oxygen atoms in total. The van der Waals surface area contributed by atoms with Crippen LogP contribution in [0.15, 0.2) is 40.1 Å². The number of rotatable bonds is 5. The molecule has 5 rings (SSSR count). The number of nitrogens with one attached hydrogen (secondary N) is 1. The van der Waals surface area contributed by atoms with Crippen LogP contribution in [0.5, 0.6) is 0 Å². The summed E-state index contributed by atoms with van der Waals surface area (Å²) in [7, 11) is 0. The molecule has 9 heteroatoms. The molecule has 1 aliphatic rings. The average molecular weight is 355 g/mol. The lowest BCUT2D eigenvalue weighted by molar-refractivity contribution is 0.159. The van der Waals surface area contributed by atoms with Crippen LogP contribution < -0.4 is 5.56 Å². The molecule has 0 aliphatic heterocycles. The molecular weight excluding hydrogens is 338 g/mol. The fourth-order valence-electron chi connectivity index (χ4n) is 3.64. The Bertz CT molecular complexity index is 1160. The third-order valence-electron chi connectivity index (χ3n) is 5.34. The van der Waals surface area contributed by atoms with E-state index in [1.54, 1.807) is 35.5 Å². The Morgan fingerprint density at radius 2 is 2.31 bits per heavy atom. The molecule has 3 N–H and O–H groups in total. The molecule has 4 aromatic heterocycles. The van der Waals surface area contributed by atoms with Gasteiger partial charge >= 0.3 is 0 Å². The normalized spacial score (nSPS) is 22.5. The largest absolute Gasteiger partial charge is 0.463 e. The van der Waals surface area contributed by atoms with E-state index in [1.165, 1.54) is 4.40 Å². The van der Waals surface area contributed by atoms with Crippen LogP contribution in [0.25, 0.3) is 28.4 Å². The Morgan fingerprint density at radius 3 is 3.00 bits per heavy atom. The van der Waals surface area contributed by atoms with Crippen molar-refractivity contribution in [2.75, 3.05) is 13.2 Å². The van der Waals surface area contributed by atoms with Crippen molar-refractivity contribution in [3.05, 3.63) is 41.3 Å². The lowest BCUT2D eigenvalue weighted by atomic mass is 10.1. The highest BCUT2D eigenvalue weighted by molar-refractivity contribution is 5.72. The minimum Gasteiger partial charge on any atom is -0.463 e. The molecule has 1 fully saturated rings. The maximum Gasteiger partial charge on any atom is 0.287 e. The number of furan rings is 1. The lowest BCUT2D eigenvalue weighted by Crippen LogP contribution is -2.20. The molecule has 1 aliphatic carbocycles. The molecule has 4 aromatic rings. The number of aliphatic hydroxyl groups excluding tert-OH is 2. The highest BCUT2D eigenvalue weighted by Gasteiger charge is 2.53. The Balaban J connectivity index is 1.63. The van der Waals surface area contributed by atoms with Crippen molar-refractivity contribution in [3.63, 3.8) is 0 Å². The van der Waals surface area contributed by atoms with E-state index < -0.39 is 0 Å². The molecule has 2 atom stereocenters. The number of nitrogens with zero attached hydrogens (tertiary/aromatic N) is 4. The van der Waals surface area contributed by atoms with Crippen molar-refractivity contribution in [2.45, 2.75) is 13.0 Å². The van der Waals surface area contributed by atoms with Crippen LogP contribution >= 0.6 is 0 Å². The Morgan fingerprint density at radius 1 is 1.42 bits per heavy atom. The first kappa shape index (κ1) is 15.4. The van der Waals surface area contributed by atoms with E-state index in [1.807, 2.05) is 0 Å². The zero-order valence-corrected chi connectivity index (χ0v) is 13.8. The Hall–Kier alpha value is -2.91. The standard InChI is InChI=1S/C17H17N5O4/c23-6-10-4-17(10,8-24)7-21-9-18-13-14(21)20-16-19-11(5-22(16)15(13)25)12-2-1-3-26-12/h1-3,5,9-10,23-24H,4,6-8H2,(H,19,20)/t10-,17+/m1/s1. The van der Waals surface area contributed by atoms with Crippen molar-refractivity contribution < 1.29 is 14.6 Å². The summed E-state index contributed by atoms with van der Waals surface area (Å²) in [6.07, 6.45) is 5.51. The summed E-state index contributed by atoms with van der Waals surface area (Å²) in [6.45, 7) is 0.473. The maximum atomic E-state index is 12.8. The summed E-state index contributed by atoms with van der Waals surface area (Å²) in [5, 5.41) is 19.1. The second-order valence-corrected chi connectivity index (χ2v) is 6.90. The molecular formula is C17H17N5O4. The second kappa shape index (κ2) is 5.29. The van der Waals surface area contributed by atoms with Gasteiger partial charge in [-0.2, -0.15) is 4.98 Å². The number of aromatic nitrogens is 5. The quantitative estimate of drug-likeness (QED) is 0.483. The van der Waals surface area contributed by atoms with Crippen molar-refractivity contribution in [2.24, 2.45) is 11.3 Å². The first-order valence-electron chi connectivity index (χ1n) is 8.37. The topological polar surface area (TPSA) is 122 Å². The van der Waals surface area contributed by atoms with E-state index in [0.29, 0.717) is 29.4 Å². The van der Waals surface area contributed by atoms with Gasteiger partial charge in [-0.25, -0.2) is 9.38 Å². The first-order chi connectivity index (χ1) is 12.6. The van der Waals surface area contributed by atoms with Gasteiger partial charge in [0.25, 0.3) is 5.56 Å². The van der Waals surface area contributed by atoms with E-state index in [-0.39, 0.29) is 35.6 Å². The number of fused-ring (bicyclic) bond motifs is 2. The molecule has 4 heterocycles. The van der Waals surface area contributed by atoms with Crippen LogP contribution in [-0.4, -0.2) is 47.3 Å². The summed E-state index contributed by atoms with van der Waals surface area (Å²) in [5.41, 5.74) is 0.726. The van der Waals surface area contributed by atoms with Gasteiger partial charge in [0.1, 0.15) is 5.69 Å². The van der Waals surface area contributed by atoms with Gasteiger partial charge in [-0.3, -0.25) is 4.79 Å². The van der Waals surface area contributed by atoms with Gasteiger partial charge in [0, 0.05) is 24.8 Å². The SMILES string of the molecule is O=c1c2ncn(C[C@]3(CO)C[C@@H]3CO)c2nc2[nH]c(-c3ccco3)cn12. The lowest BCUT2D eigenvalue weighted by Gasteiger charge is -2.14. The van der Waals surface area contributed by atoms with Crippen molar-refractivity contribution in [1.82, 2.24) is 23.9 Å². The summed E-state index contributed by atoms with van der Waals surface area (Å²) >= 11 is 0. The van der Waals surface area contributed by atoms with Crippen LogP contribution in [0.3, 0.4) is 0 Å². The van der Waals surface area contributed by atoms with Crippen molar-refractivity contribution >= 4 is 16.9 Å². The summed E-state index contributed by atoms with van der Waals surface area (Å²) in [5.74, 6) is 1.06. The van der Waals surface area contributed by atoms with Crippen LogP contribution in [0, 0.1) is 11.3 Å². The van der Waals surface area contributed by atoms with Crippen molar-refractivity contribution in [3.8, 4) is 11.5 Å². The average Bonchev–Trinajstić information content (AvgIpc) is 3.09. The molecule has 134 valence electrons. The maximum absolute atomic E-state index is 12.8. The molecule has 1 saturated carbocycles. The minimum absolute atomic E-state index is 0.0235. The van der Waals surface area contributed by atoms with Crippen LogP contribution in [0.1, 0.15) is 6.42 Å². The molecule has 0 unspecified atom stereocenters. The fourth-order valence-corrected chi connectivity index (χ4v) is 3.64. The van der Waals surface area contributed by atoms with Gasteiger partial charge in [-0.15, -0.1) is 0 Å².